The van der Waals surface area contributed by atoms with Gasteiger partial charge in [-0.3, -0.25) is 9.59 Å². The zero-order chi connectivity index (χ0) is 28.2. The van der Waals surface area contributed by atoms with Crippen LogP contribution in [0.25, 0.3) is 10.9 Å². The molecule has 2 atom stereocenters. The lowest BCUT2D eigenvalue weighted by Crippen LogP contribution is -2.50. The summed E-state index contributed by atoms with van der Waals surface area (Å²) < 4.78 is 27.0. The Hall–Kier alpha value is -3.88. The van der Waals surface area contributed by atoms with Gasteiger partial charge in [-0.1, -0.05) is 26.0 Å². The van der Waals surface area contributed by atoms with Crippen molar-refractivity contribution in [2.24, 2.45) is 10.8 Å². The highest BCUT2D eigenvalue weighted by Crippen LogP contribution is 2.65. The van der Waals surface area contributed by atoms with E-state index in [-0.39, 0.29) is 17.5 Å². The molecule has 3 aromatic rings. The first-order valence-electron chi connectivity index (χ1n) is 13.4. The van der Waals surface area contributed by atoms with Crippen molar-refractivity contribution in [3.63, 3.8) is 0 Å². The Bertz CT molecular complexity index is 1460. The van der Waals surface area contributed by atoms with E-state index in [1.807, 2.05) is 57.5 Å². The number of rotatable bonds is 7. The SMILES string of the molecule is CCN(CC)C(=O)Oc1ccc2c(ccn2Cc2ccc(F)cc2)c1NC(=O)C12CCC(C)(C(=O)O1)C2(C)C. The van der Waals surface area contributed by atoms with E-state index >= 15 is 0 Å². The molecule has 1 saturated carbocycles. The number of nitrogens with one attached hydrogen (secondary N) is 1. The number of carbonyl (C=O) groups excluding carboxylic acids is 3. The van der Waals surface area contributed by atoms with Gasteiger partial charge in [-0.15, -0.1) is 0 Å². The third kappa shape index (κ3) is 3.97. The molecule has 2 aliphatic rings. The minimum Gasteiger partial charge on any atom is -0.448 e. The lowest BCUT2D eigenvalue weighted by atomic mass is 9.66. The number of hydrogen-bond donors (Lipinski definition) is 1. The second-order valence-corrected chi connectivity index (χ2v) is 11.1. The van der Waals surface area contributed by atoms with Crippen molar-refractivity contribution < 1.29 is 28.2 Å². The van der Waals surface area contributed by atoms with Crippen molar-refractivity contribution in [2.45, 2.75) is 59.6 Å². The Morgan fingerprint density at radius 1 is 1.05 bits per heavy atom. The van der Waals surface area contributed by atoms with Crippen molar-refractivity contribution in [3.05, 3.63) is 60.0 Å². The maximum atomic E-state index is 14.0. The van der Waals surface area contributed by atoms with Gasteiger partial charge in [-0.05, 0) is 69.5 Å². The van der Waals surface area contributed by atoms with Crippen LogP contribution in [0.15, 0.2) is 48.7 Å². The molecule has 2 amide bonds. The summed E-state index contributed by atoms with van der Waals surface area (Å²) >= 11 is 0. The Labute approximate surface area is 227 Å². The molecule has 0 spiro atoms. The van der Waals surface area contributed by atoms with E-state index < -0.39 is 28.4 Å². The third-order valence-corrected chi connectivity index (χ3v) is 9.09. The number of carbonyl (C=O) groups is 3. The molecule has 9 heteroatoms. The Morgan fingerprint density at radius 3 is 2.33 bits per heavy atom. The number of benzene rings is 2. The van der Waals surface area contributed by atoms with Gasteiger partial charge in [0, 0.05) is 36.6 Å². The summed E-state index contributed by atoms with van der Waals surface area (Å²) in [6, 6.07) is 11.6. The molecule has 2 fully saturated rings. The Balaban J connectivity index is 1.55. The van der Waals surface area contributed by atoms with Crippen LogP contribution >= 0.6 is 0 Å². The fourth-order valence-corrected chi connectivity index (χ4v) is 5.99. The van der Waals surface area contributed by atoms with Gasteiger partial charge in [0.25, 0.3) is 5.91 Å². The first-order chi connectivity index (χ1) is 18.5. The van der Waals surface area contributed by atoms with Crippen LogP contribution in [0.4, 0.5) is 14.9 Å². The maximum absolute atomic E-state index is 14.0. The van der Waals surface area contributed by atoms with E-state index in [2.05, 4.69) is 5.32 Å². The van der Waals surface area contributed by atoms with E-state index in [1.165, 1.54) is 12.1 Å². The smallest absolute Gasteiger partial charge is 0.415 e. The minimum atomic E-state index is -1.34. The van der Waals surface area contributed by atoms with Gasteiger partial charge in [0.2, 0.25) is 0 Å². The first-order valence-corrected chi connectivity index (χ1v) is 13.4. The molecule has 8 nitrogen and oxygen atoms in total. The molecule has 1 aliphatic heterocycles. The highest BCUT2D eigenvalue weighted by molar-refractivity contribution is 6.09. The molecule has 1 aliphatic carbocycles. The number of aromatic nitrogens is 1. The number of nitrogens with zero attached hydrogens (tertiary/aromatic N) is 2. The average Bonchev–Trinajstić information content (AvgIpc) is 3.44. The Kier molecular flexibility index (Phi) is 6.44. The van der Waals surface area contributed by atoms with Gasteiger partial charge in [-0.25, -0.2) is 9.18 Å². The molecule has 39 heavy (non-hydrogen) atoms. The quantitative estimate of drug-likeness (QED) is 0.390. The van der Waals surface area contributed by atoms with Crippen molar-refractivity contribution >= 4 is 34.6 Å². The van der Waals surface area contributed by atoms with Crippen LogP contribution in [-0.4, -0.2) is 46.1 Å². The summed E-state index contributed by atoms with van der Waals surface area (Å²) in [6.07, 6.45) is 2.29. The lowest BCUT2D eigenvalue weighted by molar-refractivity contribution is -0.165. The van der Waals surface area contributed by atoms with Crippen LogP contribution in [-0.2, 0) is 20.9 Å². The van der Waals surface area contributed by atoms with Crippen LogP contribution in [0.1, 0.15) is 53.0 Å². The number of hydrogen-bond acceptors (Lipinski definition) is 5. The van der Waals surface area contributed by atoms with Gasteiger partial charge >= 0.3 is 12.1 Å². The molecule has 1 aromatic heterocycles. The topological polar surface area (TPSA) is 89.9 Å². The van der Waals surface area contributed by atoms with E-state index in [9.17, 15) is 18.8 Å². The van der Waals surface area contributed by atoms with Gasteiger partial charge in [0.05, 0.1) is 16.6 Å². The molecule has 2 unspecified atom stereocenters. The molecular weight excluding hydrogens is 501 g/mol. The molecule has 2 heterocycles. The summed E-state index contributed by atoms with van der Waals surface area (Å²) in [5.41, 5.74) is -0.807. The largest absolute Gasteiger partial charge is 0.448 e. The number of halogens is 1. The molecular formula is C30H34FN3O5. The highest BCUT2D eigenvalue weighted by Gasteiger charge is 2.75. The number of amides is 2. The molecule has 1 saturated heterocycles. The molecule has 2 bridgehead atoms. The first kappa shape index (κ1) is 26.7. The van der Waals surface area contributed by atoms with E-state index in [4.69, 9.17) is 9.47 Å². The molecule has 0 radical (unpaired) electrons. The normalized spacial score (nSPS) is 23.1. The monoisotopic (exact) mass is 535 g/mol. The van der Waals surface area contributed by atoms with Crippen LogP contribution in [0.5, 0.6) is 5.75 Å². The summed E-state index contributed by atoms with van der Waals surface area (Å²) in [4.78, 5) is 41.2. The zero-order valence-corrected chi connectivity index (χ0v) is 23.0. The van der Waals surface area contributed by atoms with E-state index in [0.717, 1.165) is 11.1 Å². The predicted molar refractivity (Wildman–Crippen MR) is 145 cm³/mol. The van der Waals surface area contributed by atoms with Crippen molar-refractivity contribution in [2.75, 3.05) is 18.4 Å². The molecule has 5 rings (SSSR count). The standard InChI is InChI=1S/C30H34FN3O5/c1-6-33(7-2)27(37)38-23-13-12-22-21(14-17-34(22)18-19-8-10-20(31)11-9-19)24(23)32-25(35)30-16-15-29(5,26(36)39-30)28(30,3)4/h8-14,17H,6-7,15-16,18H2,1-5H3,(H,32,35). The average molecular weight is 536 g/mol. The minimum absolute atomic E-state index is 0.201. The second kappa shape index (κ2) is 9.39. The zero-order valence-electron chi connectivity index (χ0n) is 23.0. The highest BCUT2D eigenvalue weighted by atomic mass is 19.1. The van der Waals surface area contributed by atoms with Gasteiger partial charge in [-0.2, -0.15) is 0 Å². The second-order valence-electron chi connectivity index (χ2n) is 11.1. The van der Waals surface area contributed by atoms with Crippen molar-refractivity contribution in [1.29, 1.82) is 0 Å². The number of esters is 1. The summed E-state index contributed by atoms with van der Waals surface area (Å²) in [5.74, 6) is -0.919. The van der Waals surface area contributed by atoms with E-state index in [1.54, 1.807) is 23.1 Å². The van der Waals surface area contributed by atoms with Crippen LogP contribution < -0.4 is 10.1 Å². The van der Waals surface area contributed by atoms with Crippen LogP contribution in [0, 0.1) is 16.6 Å². The summed E-state index contributed by atoms with van der Waals surface area (Å²) in [7, 11) is 0. The maximum Gasteiger partial charge on any atom is 0.415 e. The fourth-order valence-electron chi connectivity index (χ4n) is 5.99. The Morgan fingerprint density at radius 2 is 1.74 bits per heavy atom. The van der Waals surface area contributed by atoms with Crippen LogP contribution in [0.3, 0.4) is 0 Å². The van der Waals surface area contributed by atoms with E-state index in [0.29, 0.717) is 43.5 Å². The summed E-state index contributed by atoms with van der Waals surface area (Å²) in [5, 5.41) is 3.66. The van der Waals surface area contributed by atoms with Gasteiger partial charge in [0.15, 0.2) is 11.4 Å². The van der Waals surface area contributed by atoms with Gasteiger partial charge < -0.3 is 24.3 Å². The predicted octanol–water partition coefficient (Wildman–Crippen LogP) is 5.73. The van der Waals surface area contributed by atoms with Crippen molar-refractivity contribution in [1.82, 2.24) is 9.47 Å². The van der Waals surface area contributed by atoms with Gasteiger partial charge in [0.1, 0.15) is 5.82 Å². The summed E-state index contributed by atoms with van der Waals surface area (Å²) in [6.45, 7) is 10.8. The number of ether oxygens (including phenoxy) is 2. The number of fused-ring (bicyclic) bond motifs is 3. The number of anilines is 1. The molecule has 1 N–H and O–H groups in total. The fraction of sp³-hybridized carbons (Fsp3) is 0.433. The lowest BCUT2D eigenvalue weighted by Gasteiger charge is -2.35. The van der Waals surface area contributed by atoms with Crippen LogP contribution in [0.2, 0.25) is 0 Å². The molecule has 2 aromatic carbocycles. The molecule has 206 valence electrons. The van der Waals surface area contributed by atoms with Crippen molar-refractivity contribution in [3.8, 4) is 5.75 Å². The third-order valence-electron chi connectivity index (χ3n) is 9.09.